The molecule has 3 fully saturated rings. The Bertz CT molecular complexity index is 766. The highest BCUT2D eigenvalue weighted by atomic mass is 35.5. The van der Waals surface area contributed by atoms with Crippen molar-refractivity contribution in [3.8, 4) is 0 Å². The van der Waals surface area contributed by atoms with Crippen LogP contribution < -0.4 is 5.32 Å². The molecule has 2 atom stereocenters. The summed E-state index contributed by atoms with van der Waals surface area (Å²) in [6.07, 6.45) is 2.12. The predicted octanol–water partition coefficient (Wildman–Crippen LogP) is 5.21. The van der Waals surface area contributed by atoms with Gasteiger partial charge in [0.2, 0.25) is 0 Å². The Morgan fingerprint density at radius 2 is 1.83 bits per heavy atom. The molecule has 1 aromatic rings. The predicted molar refractivity (Wildman–Crippen MR) is 114 cm³/mol. The molecule has 0 radical (unpaired) electrons. The Hall–Kier alpha value is -1.53. The summed E-state index contributed by atoms with van der Waals surface area (Å²) in [6.45, 7) is 3.88. The fourth-order valence-corrected chi connectivity index (χ4v) is 5.36. The minimum absolute atomic E-state index is 0. The van der Waals surface area contributed by atoms with Crippen molar-refractivity contribution in [2.24, 2.45) is 11.3 Å². The van der Waals surface area contributed by atoms with E-state index >= 15 is 0 Å². The summed E-state index contributed by atoms with van der Waals surface area (Å²) in [5.41, 5.74) is 2.33. The standard InChI is InChI=1S/C23H29F3N2O.ClH/c1-2-17(12-16-6-4-3-5-7-16)19-13-20(19)28(21(29)23(24,25)26)18-14-22(15-18)8-10-27-11-9-22;/h3-7,12,18-20,27H,2,8-11,13-15H2,1H3;1H. The summed E-state index contributed by atoms with van der Waals surface area (Å²) < 4.78 is 40.1. The van der Waals surface area contributed by atoms with Crippen LogP contribution in [-0.2, 0) is 4.79 Å². The number of benzene rings is 1. The molecule has 2 aliphatic carbocycles. The number of carbonyl (C=O) groups excluding carboxylic acids is 1. The Labute approximate surface area is 182 Å². The van der Waals surface area contributed by atoms with Crippen molar-refractivity contribution < 1.29 is 18.0 Å². The Morgan fingerprint density at radius 3 is 2.40 bits per heavy atom. The second-order valence-corrected chi connectivity index (χ2v) is 8.92. The average molecular weight is 443 g/mol. The molecule has 1 spiro atoms. The van der Waals surface area contributed by atoms with E-state index in [1.54, 1.807) is 0 Å². The van der Waals surface area contributed by atoms with Crippen molar-refractivity contribution in [1.82, 2.24) is 10.2 Å². The van der Waals surface area contributed by atoms with Crippen molar-refractivity contribution >= 4 is 24.4 Å². The van der Waals surface area contributed by atoms with Crippen LogP contribution in [0.4, 0.5) is 13.2 Å². The zero-order valence-corrected chi connectivity index (χ0v) is 18.1. The van der Waals surface area contributed by atoms with Crippen LogP contribution in [-0.4, -0.2) is 42.2 Å². The van der Waals surface area contributed by atoms with E-state index < -0.39 is 12.1 Å². The second kappa shape index (κ2) is 8.91. The van der Waals surface area contributed by atoms with E-state index in [4.69, 9.17) is 0 Å². The zero-order chi connectivity index (χ0) is 20.6. The molecule has 1 amide bonds. The lowest BCUT2D eigenvalue weighted by atomic mass is 9.60. The van der Waals surface area contributed by atoms with Crippen LogP contribution in [0.1, 0.15) is 51.0 Å². The van der Waals surface area contributed by atoms with Gasteiger partial charge in [0, 0.05) is 18.0 Å². The summed E-state index contributed by atoms with van der Waals surface area (Å²) in [6, 6.07) is 9.26. The van der Waals surface area contributed by atoms with E-state index in [9.17, 15) is 18.0 Å². The van der Waals surface area contributed by atoms with E-state index in [1.807, 2.05) is 37.3 Å². The number of hydrogen-bond acceptors (Lipinski definition) is 2. The van der Waals surface area contributed by atoms with Crippen molar-refractivity contribution in [2.45, 2.75) is 63.7 Å². The highest BCUT2D eigenvalue weighted by Crippen LogP contribution is 2.54. The molecule has 4 rings (SSSR count). The molecule has 3 aliphatic rings. The number of piperidine rings is 1. The van der Waals surface area contributed by atoms with Crippen molar-refractivity contribution in [2.75, 3.05) is 13.1 Å². The summed E-state index contributed by atoms with van der Waals surface area (Å²) in [5, 5.41) is 3.32. The van der Waals surface area contributed by atoms with Crippen LogP contribution >= 0.6 is 12.4 Å². The lowest BCUT2D eigenvalue weighted by Crippen LogP contribution is -2.59. The van der Waals surface area contributed by atoms with Gasteiger partial charge in [0.1, 0.15) is 0 Å². The molecule has 0 aromatic heterocycles. The van der Waals surface area contributed by atoms with Gasteiger partial charge < -0.3 is 10.2 Å². The number of rotatable bonds is 5. The normalized spacial score (nSPS) is 25.9. The Morgan fingerprint density at radius 1 is 1.20 bits per heavy atom. The lowest BCUT2D eigenvalue weighted by molar-refractivity contribution is -0.193. The van der Waals surface area contributed by atoms with E-state index in [0.29, 0.717) is 19.3 Å². The zero-order valence-electron chi connectivity index (χ0n) is 17.3. The van der Waals surface area contributed by atoms with Gasteiger partial charge >= 0.3 is 12.1 Å². The van der Waals surface area contributed by atoms with Crippen LogP contribution in [0.2, 0.25) is 0 Å². The number of carbonyl (C=O) groups is 1. The third kappa shape index (κ3) is 4.70. The van der Waals surface area contributed by atoms with Crippen molar-refractivity contribution in [3.63, 3.8) is 0 Å². The van der Waals surface area contributed by atoms with Gasteiger partial charge in [0.15, 0.2) is 0 Å². The summed E-state index contributed by atoms with van der Waals surface area (Å²) in [5.74, 6) is -1.61. The topological polar surface area (TPSA) is 32.3 Å². The third-order valence-corrected chi connectivity index (χ3v) is 7.02. The molecule has 1 aromatic carbocycles. The molecule has 3 nitrogen and oxygen atoms in total. The summed E-state index contributed by atoms with van der Waals surface area (Å²) >= 11 is 0. The van der Waals surface area contributed by atoms with Gasteiger partial charge in [-0.3, -0.25) is 4.79 Å². The molecule has 1 N–H and O–H groups in total. The first-order valence-corrected chi connectivity index (χ1v) is 10.7. The minimum atomic E-state index is -4.81. The SMILES string of the molecule is CCC(=Cc1ccccc1)C1CC1N(C(=O)C(F)(F)F)C1CC2(CCNCC2)C1.Cl. The van der Waals surface area contributed by atoms with Gasteiger partial charge in [0.25, 0.3) is 0 Å². The molecule has 1 saturated heterocycles. The van der Waals surface area contributed by atoms with Gasteiger partial charge in [-0.1, -0.05) is 48.9 Å². The number of amides is 1. The van der Waals surface area contributed by atoms with Gasteiger partial charge in [-0.2, -0.15) is 13.2 Å². The number of halogens is 4. The molecule has 1 aliphatic heterocycles. The first kappa shape index (κ1) is 23.1. The third-order valence-electron chi connectivity index (χ3n) is 7.02. The van der Waals surface area contributed by atoms with Crippen LogP contribution in [0.5, 0.6) is 0 Å². The molecule has 2 saturated carbocycles. The molecule has 0 bridgehead atoms. The first-order valence-electron chi connectivity index (χ1n) is 10.7. The number of hydrogen-bond donors (Lipinski definition) is 1. The van der Waals surface area contributed by atoms with Crippen molar-refractivity contribution in [1.29, 1.82) is 0 Å². The summed E-state index contributed by atoms with van der Waals surface area (Å²) in [7, 11) is 0. The molecule has 166 valence electrons. The maximum Gasteiger partial charge on any atom is 0.471 e. The quantitative estimate of drug-likeness (QED) is 0.678. The number of nitrogens with zero attached hydrogens (tertiary/aromatic N) is 1. The highest BCUT2D eigenvalue weighted by molar-refractivity contribution is 5.85. The second-order valence-electron chi connectivity index (χ2n) is 8.92. The smallest absolute Gasteiger partial charge is 0.328 e. The van der Waals surface area contributed by atoms with E-state index in [2.05, 4.69) is 11.4 Å². The Balaban J connectivity index is 0.00000256. The molecule has 2 unspecified atom stereocenters. The maximum atomic E-state index is 13.4. The first-order chi connectivity index (χ1) is 13.8. The van der Waals surface area contributed by atoms with Crippen molar-refractivity contribution in [3.05, 3.63) is 41.5 Å². The average Bonchev–Trinajstić information content (AvgIpc) is 3.46. The molecule has 7 heteroatoms. The van der Waals surface area contributed by atoms with Gasteiger partial charge in [-0.25, -0.2) is 0 Å². The number of nitrogens with one attached hydrogen (secondary N) is 1. The van der Waals surface area contributed by atoms with Crippen LogP contribution in [0, 0.1) is 11.3 Å². The monoisotopic (exact) mass is 442 g/mol. The molecular formula is C23H30ClF3N2O. The molecule has 1 heterocycles. The van der Waals surface area contributed by atoms with Gasteiger partial charge in [0.05, 0.1) is 0 Å². The van der Waals surface area contributed by atoms with E-state index in [0.717, 1.165) is 43.5 Å². The van der Waals surface area contributed by atoms with E-state index in [-0.39, 0.29) is 35.8 Å². The molecular weight excluding hydrogens is 413 g/mol. The highest BCUT2D eigenvalue weighted by Gasteiger charge is 2.58. The maximum absolute atomic E-state index is 13.4. The largest absolute Gasteiger partial charge is 0.471 e. The van der Waals surface area contributed by atoms with Crippen LogP contribution in [0.15, 0.2) is 35.9 Å². The fourth-order valence-electron chi connectivity index (χ4n) is 5.36. The van der Waals surface area contributed by atoms with Crippen LogP contribution in [0.3, 0.4) is 0 Å². The lowest BCUT2D eigenvalue weighted by Gasteiger charge is -2.54. The fraction of sp³-hybridized carbons (Fsp3) is 0.609. The summed E-state index contributed by atoms with van der Waals surface area (Å²) in [4.78, 5) is 13.6. The minimum Gasteiger partial charge on any atom is -0.328 e. The van der Waals surface area contributed by atoms with Crippen LogP contribution in [0.25, 0.3) is 6.08 Å². The number of alkyl halides is 3. The van der Waals surface area contributed by atoms with Gasteiger partial charge in [-0.15, -0.1) is 12.4 Å². The molecule has 30 heavy (non-hydrogen) atoms. The van der Waals surface area contributed by atoms with Gasteiger partial charge in [-0.05, 0) is 62.6 Å². The van der Waals surface area contributed by atoms with E-state index in [1.165, 1.54) is 4.90 Å². The Kier molecular flexibility index (Phi) is 6.87.